The fourth-order valence-electron chi connectivity index (χ4n) is 2.42. The van der Waals surface area contributed by atoms with E-state index in [1.165, 1.54) is 31.3 Å². The summed E-state index contributed by atoms with van der Waals surface area (Å²) in [4.78, 5) is -0.371. The minimum atomic E-state index is -4.08. The van der Waals surface area contributed by atoms with Gasteiger partial charge in [-0.2, -0.15) is 0 Å². The van der Waals surface area contributed by atoms with Crippen LogP contribution in [-0.4, -0.2) is 23.9 Å². The molecule has 0 bridgehead atoms. The number of rotatable bonds is 7. The number of anilines is 1. The lowest BCUT2D eigenvalue weighted by atomic mass is 10.3. The summed E-state index contributed by atoms with van der Waals surface area (Å²) in [7, 11) is -6.63. The number of nitrogens with one attached hydrogen (secondary N) is 2. The number of hydrogen-bond donors (Lipinski definition) is 2. The molecule has 0 saturated heterocycles. The van der Waals surface area contributed by atoms with Crippen LogP contribution >= 0.6 is 11.6 Å². The maximum absolute atomic E-state index is 12.8. The van der Waals surface area contributed by atoms with Crippen molar-refractivity contribution < 1.29 is 21.6 Å². The van der Waals surface area contributed by atoms with Gasteiger partial charge in [0.05, 0.1) is 20.5 Å². The van der Waals surface area contributed by atoms with Crippen LogP contribution in [0.25, 0.3) is 0 Å². The highest BCUT2D eigenvalue weighted by Crippen LogP contribution is 2.34. The van der Waals surface area contributed by atoms with Gasteiger partial charge in [0.15, 0.2) is 5.75 Å². The van der Waals surface area contributed by atoms with Crippen LogP contribution in [0.2, 0.25) is 5.02 Å². The number of para-hydroxylation sites is 3. The standard InChI is InChI=1S/C19H17ClN2O5S2/c1-21-28(23,24)14-7-6-8-15(13-14)29(25,26)22-17-10-3-5-12-19(17)27-18-11-4-2-9-16(18)20/h2-13,21-22H,1H3. The van der Waals surface area contributed by atoms with Gasteiger partial charge in [0, 0.05) is 0 Å². The third-order valence-corrected chi connectivity index (χ3v) is 6.97. The molecule has 0 aliphatic heterocycles. The third-order valence-electron chi connectivity index (χ3n) is 3.88. The molecule has 0 unspecified atom stereocenters. The van der Waals surface area contributed by atoms with Gasteiger partial charge in [0.25, 0.3) is 10.0 Å². The third kappa shape index (κ3) is 4.88. The van der Waals surface area contributed by atoms with Crippen LogP contribution in [0.15, 0.2) is 82.6 Å². The average molecular weight is 453 g/mol. The molecular weight excluding hydrogens is 436 g/mol. The number of benzene rings is 3. The molecule has 0 atom stereocenters. The van der Waals surface area contributed by atoms with Gasteiger partial charge < -0.3 is 4.74 Å². The van der Waals surface area contributed by atoms with E-state index in [9.17, 15) is 16.8 Å². The van der Waals surface area contributed by atoms with Gasteiger partial charge in [-0.25, -0.2) is 21.6 Å². The molecule has 0 amide bonds. The predicted octanol–water partition coefficient (Wildman–Crippen LogP) is 3.84. The lowest BCUT2D eigenvalue weighted by molar-refractivity contribution is 0.485. The zero-order valence-electron chi connectivity index (χ0n) is 15.2. The van der Waals surface area contributed by atoms with Crippen molar-refractivity contribution in [1.29, 1.82) is 0 Å². The molecule has 0 radical (unpaired) electrons. The van der Waals surface area contributed by atoms with Crippen molar-refractivity contribution >= 4 is 37.3 Å². The first kappa shape index (κ1) is 21.1. The molecule has 0 heterocycles. The summed E-state index contributed by atoms with van der Waals surface area (Å²) in [5.41, 5.74) is 0.175. The highest BCUT2D eigenvalue weighted by Gasteiger charge is 2.20. The summed E-state index contributed by atoms with van der Waals surface area (Å²) >= 11 is 6.10. The van der Waals surface area contributed by atoms with Crippen LogP contribution in [0.1, 0.15) is 0 Å². The van der Waals surface area contributed by atoms with Crippen molar-refractivity contribution in [2.45, 2.75) is 9.79 Å². The second kappa shape index (κ2) is 8.42. The van der Waals surface area contributed by atoms with E-state index in [1.54, 1.807) is 42.5 Å². The fourth-order valence-corrected chi connectivity index (χ4v) is 4.56. The number of halogens is 1. The lowest BCUT2D eigenvalue weighted by Gasteiger charge is -2.14. The Morgan fingerprint density at radius 3 is 2.00 bits per heavy atom. The molecule has 0 aliphatic rings. The summed E-state index contributed by atoms with van der Waals surface area (Å²) in [6, 6.07) is 18.3. The molecule has 3 rings (SSSR count). The van der Waals surface area contributed by atoms with E-state index in [0.717, 1.165) is 6.07 Å². The number of sulfonamides is 2. The Balaban J connectivity index is 1.94. The van der Waals surface area contributed by atoms with Crippen LogP contribution in [0.3, 0.4) is 0 Å². The van der Waals surface area contributed by atoms with E-state index in [-0.39, 0.29) is 21.2 Å². The second-order valence-electron chi connectivity index (χ2n) is 5.82. The van der Waals surface area contributed by atoms with Gasteiger partial charge in [-0.15, -0.1) is 0 Å². The average Bonchev–Trinajstić information content (AvgIpc) is 2.71. The van der Waals surface area contributed by atoms with E-state index in [2.05, 4.69) is 9.44 Å². The van der Waals surface area contributed by atoms with E-state index in [4.69, 9.17) is 16.3 Å². The zero-order chi connectivity index (χ0) is 21.1. The second-order valence-corrected chi connectivity index (χ2v) is 9.79. The van der Waals surface area contributed by atoms with E-state index < -0.39 is 20.0 Å². The van der Waals surface area contributed by atoms with Crippen molar-refractivity contribution in [3.63, 3.8) is 0 Å². The Bertz CT molecular complexity index is 1240. The van der Waals surface area contributed by atoms with Crippen LogP contribution < -0.4 is 14.2 Å². The molecule has 0 spiro atoms. The molecule has 10 heteroatoms. The van der Waals surface area contributed by atoms with Gasteiger partial charge in [0.1, 0.15) is 5.75 Å². The molecule has 29 heavy (non-hydrogen) atoms. The molecule has 0 saturated carbocycles. The topological polar surface area (TPSA) is 102 Å². The summed E-state index contributed by atoms with van der Waals surface area (Å²) in [5.74, 6) is 0.603. The van der Waals surface area contributed by atoms with Crippen LogP contribution in [0.4, 0.5) is 5.69 Å². The Morgan fingerprint density at radius 1 is 0.759 bits per heavy atom. The van der Waals surface area contributed by atoms with Crippen LogP contribution in [-0.2, 0) is 20.0 Å². The minimum absolute atomic E-state index is 0.163. The Morgan fingerprint density at radius 2 is 1.34 bits per heavy atom. The Kier molecular flexibility index (Phi) is 6.13. The van der Waals surface area contributed by atoms with E-state index >= 15 is 0 Å². The van der Waals surface area contributed by atoms with Crippen molar-refractivity contribution in [1.82, 2.24) is 4.72 Å². The monoisotopic (exact) mass is 452 g/mol. The fraction of sp³-hybridized carbons (Fsp3) is 0.0526. The molecule has 3 aromatic carbocycles. The lowest BCUT2D eigenvalue weighted by Crippen LogP contribution is -2.19. The largest absolute Gasteiger partial charge is 0.454 e. The first-order chi connectivity index (χ1) is 13.7. The Hall–Kier alpha value is -2.59. The maximum atomic E-state index is 12.8. The van der Waals surface area contributed by atoms with Crippen molar-refractivity contribution in [2.75, 3.05) is 11.8 Å². The quantitative estimate of drug-likeness (QED) is 0.567. The molecule has 0 aliphatic carbocycles. The van der Waals surface area contributed by atoms with Gasteiger partial charge in [-0.3, -0.25) is 4.72 Å². The highest BCUT2D eigenvalue weighted by atomic mass is 35.5. The molecule has 0 aromatic heterocycles. The molecule has 0 fully saturated rings. The number of hydrogen-bond acceptors (Lipinski definition) is 5. The zero-order valence-corrected chi connectivity index (χ0v) is 17.6. The van der Waals surface area contributed by atoms with Crippen molar-refractivity contribution in [3.8, 4) is 11.5 Å². The van der Waals surface area contributed by atoms with Gasteiger partial charge in [0.2, 0.25) is 10.0 Å². The maximum Gasteiger partial charge on any atom is 0.262 e. The van der Waals surface area contributed by atoms with E-state index in [1.807, 2.05) is 0 Å². The van der Waals surface area contributed by atoms with Gasteiger partial charge >= 0.3 is 0 Å². The SMILES string of the molecule is CNS(=O)(=O)c1cccc(S(=O)(=O)Nc2ccccc2Oc2ccccc2Cl)c1. The van der Waals surface area contributed by atoms with Crippen LogP contribution in [0.5, 0.6) is 11.5 Å². The van der Waals surface area contributed by atoms with Crippen molar-refractivity contribution in [3.05, 3.63) is 77.8 Å². The molecule has 3 aromatic rings. The summed E-state index contributed by atoms with van der Waals surface area (Å²) in [6.07, 6.45) is 0. The first-order valence-corrected chi connectivity index (χ1v) is 11.7. The minimum Gasteiger partial charge on any atom is -0.454 e. The predicted molar refractivity (Wildman–Crippen MR) is 111 cm³/mol. The first-order valence-electron chi connectivity index (χ1n) is 8.31. The molecule has 7 nitrogen and oxygen atoms in total. The summed E-state index contributed by atoms with van der Waals surface area (Å²) in [5, 5.41) is 0.370. The summed E-state index contributed by atoms with van der Waals surface area (Å²) < 4.78 is 59.9. The van der Waals surface area contributed by atoms with Crippen LogP contribution in [0, 0.1) is 0 Å². The van der Waals surface area contributed by atoms with Crippen molar-refractivity contribution in [2.24, 2.45) is 0 Å². The normalized spacial score (nSPS) is 11.8. The molecule has 152 valence electrons. The van der Waals surface area contributed by atoms with Gasteiger partial charge in [-0.1, -0.05) is 41.9 Å². The summed E-state index contributed by atoms with van der Waals surface area (Å²) in [6.45, 7) is 0. The number of ether oxygens (including phenoxy) is 1. The molecular formula is C19H17ClN2O5S2. The Labute approximate surface area is 174 Å². The smallest absolute Gasteiger partial charge is 0.262 e. The highest BCUT2D eigenvalue weighted by molar-refractivity contribution is 7.93. The van der Waals surface area contributed by atoms with Gasteiger partial charge in [-0.05, 0) is 49.5 Å². The van der Waals surface area contributed by atoms with E-state index in [0.29, 0.717) is 10.8 Å². The molecule has 2 N–H and O–H groups in total.